The Kier molecular flexibility index (Phi) is 4.82. The van der Waals surface area contributed by atoms with E-state index >= 15 is 0 Å². The van der Waals surface area contributed by atoms with Crippen molar-refractivity contribution in [2.45, 2.75) is 6.92 Å². The molecule has 1 aliphatic heterocycles. The molecule has 0 spiro atoms. The van der Waals surface area contributed by atoms with E-state index in [0.717, 1.165) is 22.1 Å². The first-order valence-corrected chi connectivity index (χ1v) is 6.54. The highest BCUT2D eigenvalue weighted by Gasteiger charge is 2.28. The molecule has 1 aliphatic rings. The van der Waals surface area contributed by atoms with Crippen LogP contribution in [0.25, 0.3) is 0 Å². The van der Waals surface area contributed by atoms with Gasteiger partial charge in [0, 0.05) is 30.1 Å². The highest BCUT2D eigenvalue weighted by atomic mass is 16.2. The number of carbonyl (C=O) groups excluding carboxylic acids is 3. The predicted molar refractivity (Wildman–Crippen MR) is 80.3 cm³/mol. The second kappa shape index (κ2) is 6.98. The number of hydrogen-bond acceptors (Lipinski definition) is 7. The van der Waals surface area contributed by atoms with E-state index in [9.17, 15) is 14.4 Å². The Balaban J connectivity index is 2.40. The minimum absolute atomic E-state index is 0.181. The highest BCUT2D eigenvalue weighted by molar-refractivity contribution is 6.16. The number of nitrogens with two attached hydrogens (primary N) is 1. The summed E-state index contributed by atoms with van der Waals surface area (Å²) in [6, 6.07) is 4.81. The number of nitrogens with zero attached hydrogens (tertiary/aromatic N) is 4. The van der Waals surface area contributed by atoms with Gasteiger partial charge in [0.15, 0.2) is 0 Å². The molecule has 1 aromatic rings. The zero-order chi connectivity index (χ0) is 16.8. The summed E-state index contributed by atoms with van der Waals surface area (Å²) in [5, 5.41) is 4.73. The molecule has 2 amide bonds. The lowest BCUT2D eigenvalue weighted by Gasteiger charge is -2.17. The van der Waals surface area contributed by atoms with Gasteiger partial charge in [-0.1, -0.05) is 6.07 Å². The Hall–Kier alpha value is -3.49. The van der Waals surface area contributed by atoms with Gasteiger partial charge in [-0.3, -0.25) is 14.4 Å². The highest BCUT2D eigenvalue weighted by Crippen LogP contribution is 2.09. The van der Waals surface area contributed by atoms with Crippen molar-refractivity contribution < 1.29 is 14.4 Å². The molecule has 2 rings (SSSR count). The predicted octanol–water partition coefficient (Wildman–Crippen LogP) is -0.169. The molecule has 0 aromatic carbocycles. The number of ketones is 1. The molecule has 0 aliphatic carbocycles. The fourth-order valence-electron chi connectivity index (χ4n) is 1.64. The number of aromatic nitrogens is 3. The van der Waals surface area contributed by atoms with E-state index < -0.39 is 17.6 Å². The molecule has 3 N–H and O–H groups in total. The maximum atomic E-state index is 11.9. The molecule has 2 heterocycles. The van der Waals surface area contributed by atoms with Gasteiger partial charge in [-0.2, -0.15) is 9.80 Å². The van der Waals surface area contributed by atoms with E-state index in [1.54, 1.807) is 18.2 Å². The SMILES string of the molecule is CC1=CC(=O)N(Nn2cccccnc(C(=O)/C=C\N)n2)C1=O. The van der Waals surface area contributed by atoms with Gasteiger partial charge >= 0.3 is 0 Å². The summed E-state index contributed by atoms with van der Waals surface area (Å²) < 4.78 is 0. The van der Waals surface area contributed by atoms with Crippen molar-refractivity contribution in [3.8, 4) is 0 Å². The first-order chi connectivity index (χ1) is 11.0. The van der Waals surface area contributed by atoms with Crippen LogP contribution in [-0.4, -0.2) is 37.5 Å². The number of rotatable bonds is 4. The summed E-state index contributed by atoms with van der Waals surface area (Å²) in [6.07, 6.45) is 6.15. The maximum absolute atomic E-state index is 11.9. The molecular formula is C14H14N6O3. The average Bonchev–Trinajstić information content (AvgIpc) is 2.82. The third-order valence-electron chi connectivity index (χ3n) is 2.71. The van der Waals surface area contributed by atoms with Gasteiger partial charge < -0.3 is 5.73 Å². The van der Waals surface area contributed by atoms with Crippen LogP contribution >= 0.6 is 0 Å². The molecule has 1 aromatic heterocycles. The quantitative estimate of drug-likeness (QED) is 0.449. The van der Waals surface area contributed by atoms with E-state index in [1.165, 1.54) is 25.4 Å². The fraction of sp³-hybridized carbons (Fsp3) is 0.0714. The molecule has 0 fully saturated rings. The van der Waals surface area contributed by atoms with Crippen molar-refractivity contribution >= 4 is 17.6 Å². The smallest absolute Gasteiger partial charge is 0.276 e. The average molecular weight is 314 g/mol. The summed E-state index contributed by atoms with van der Waals surface area (Å²) in [5.74, 6) is -1.76. The monoisotopic (exact) mass is 314 g/mol. The Labute approximate surface area is 131 Å². The van der Waals surface area contributed by atoms with Crippen molar-refractivity contribution in [3.05, 3.63) is 60.3 Å². The largest absolute Gasteiger partial charge is 0.404 e. The van der Waals surface area contributed by atoms with Gasteiger partial charge in [0.1, 0.15) is 0 Å². The van der Waals surface area contributed by atoms with Crippen LogP contribution in [0.2, 0.25) is 0 Å². The summed E-state index contributed by atoms with van der Waals surface area (Å²) in [4.78, 5) is 40.4. The van der Waals surface area contributed by atoms with Gasteiger partial charge in [0.25, 0.3) is 11.8 Å². The summed E-state index contributed by atoms with van der Waals surface area (Å²) >= 11 is 0. The van der Waals surface area contributed by atoms with E-state index in [2.05, 4.69) is 15.6 Å². The lowest BCUT2D eigenvalue weighted by Crippen LogP contribution is -2.42. The van der Waals surface area contributed by atoms with Crippen LogP contribution in [0.15, 0.2) is 54.5 Å². The van der Waals surface area contributed by atoms with Crippen LogP contribution in [0.5, 0.6) is 0 Å². The third kappa shape index (κ3) is 3.79. The van der Waals surface area contributed by atoms with Crippen molar-refractivity contribution in [2.24, 2.45) is 5.73 Å². The van der Waals surface area contributed by atoms with Crippen LogP contribution in [0.1, 0.15) is 17.5 Å². The van der Waals surface area contributed by atoms with E-state index in [1.807, 2.05) is 0 Å². The number of allylic oxidation sites excluding steroid dienone is 1. The first-order valence-electron chi connectivity index (χ1n) is 6.54. The summed E-state index contributed by atoms with van der Waals surface area (Å²) in [5.41, 5.74) is 7.97. The second-order valence-electron chi connectivity index (χ2n) is 4.40. The van der Waals surface area contributed by atoms with Gasteiger partial charge in [0.05, 0.1) is 0 Å². The Bertz CT molecular complexity index is 763. The normalized spacial score (nSPS) is 14.0. The Morgan fingerprint density at radius 2 is 2.09 bits per heavy atom. The first kappa shape index (κ1) is 15.9. The standard InChI is InChI=1S/C14H14N6O3/c1-10-9-12(22)20(14(10)23)18-19-8-4-2-3-7-16-13(17-19)11(21)5-6-15/h2-9,18H,15H2,1H3/b3-2?,6-5-,8-4?,16-7?,17-13?. The van der Waals surface area contributed by atoms with Crippen LogP contribution in [0, 0.1) is 0 Å². The fourth-order valence-corrected chi connectivity index (χ4v) is 1.64. The number of nitrogens with one attached hydrogen (secondary N) is 1. The van der Waals surface area contributed by atoms with Crippen LogP contribution in [-0.2, 0) is 9.59 Å². The molecule has 0 radical (unpaired) electrons. The van der Waals surface area contributed by atoms with Crippen LogP contribution < -0.4 is 11.3 Å². The molecule has 0 atom stereocenters. The summed E-state index contributed by atoms with van der Waals surface area (Å²) in [7, 11) is 0. The molecule has 9 nitrogen and oxygen atoms in total. The number of amides is 2. The van der Waals surface area contributed by atoms with Gasteiger partial charge in [0.2, 0.25) is 11.6 Å². The minimum Gasteiger partial charge on any atom is -0.404 e. The van der Waals surface area contributed by atoms with Crippen molar-refractivity contribution in [2.75, 3.05) is 5.53 Å². The number of hydrazine groups is 1. The summed E-state index contributed by atoms with van der Waals surface area (Å²) in [6.45, 7) is 1.52. The number of hydrogen-bond donors (Lipinski definition) is 2. The topological polar surface area (TPSA) is 123 Å². The van der Waals surface area contributed by atoms with Gasteiger partial charge in [-0.05, 0) is 25.3 Å². The molecule has 0 saturated carbocycles. The molecule has 23 heavy (non-hydrogen) atoms. The third-order valence-corrected chi connectivity index (χ3v) is 2.71. The Morgan fingerprint density at radius 1 is 1.30 bits per heavy atom. The van der Waals surface area contributed by atoms with Crippen LogP contribution in [0.4, 0.5) is 0 Å². The molecule has 9 heteroatoms. The van der Waals surface area contributed by atoms with E-state index in [4.69, 9.17) is 5.73 Å². The lowest BCUT2D eigenvalue weighted by atomic mass is 10.3. The van der Waals surface area contributed by atoms with Crippen molar-refractivity contribution in [1.82, 2.24) is 19.9 Å². The number of imide groups is 1. The zero-order valence-electron chi connectivity index (χ0n) is 12.2. The minimum atomic E-state index is -0.537. The molecule has 0 unspecified atom stereocenters. The molecule has 0 saturated heterocycles. The van der Waals surface area contributed by atoms with E-state index in [0.29, 0.717) is 5.57 Å². The number of carbonyl (C=O) groups is 3. The van der Waals surface area contributed by atoms with Crippen LogP contribution in [0.3, 0.4) is 0 Å². The lowest BCUT2D eigenvalue weighted by molar-refractivity contribution is -0.136. The molecular weight excluding hydrogens is 300 g/mol. The molecule has 0 bridgehead atoms. The maximum Gasteiger partial charge on any atom is 0.276 e. The van der Waals surface area contributed by atoms with E-state index in [-0.39, 0.29) is 5.82 Å². The van der Waals surface area contributed by atoms with Gasteiger partial charge in [-0.15, -0.1) is 5.10 Å². The van der Waals surface area contributed by atoms with Gasteiger partial charge in [-0.25, -0.2) is 10.5 Å². The zero-order valence-corrected chi connectivity index (χ0v) is 12.2. The van der Waals surface area contributed by atoms with Crippen molar-refractivity contribution in [3.63, 3.8) is 0 Å². The van der Waals surface area contributed by atoms with Crippen molar-refractivity contribution in [1.29, 1.82) is 0 Å². The Morgan fingerprint density at radius 3 is 2.74 bits per heavy atom. The molecule has 118 valence electrons. The second-order valence-corrected chi connectivity index (χ2v) is 4.40.